The molecule has 0 radical (unpaired) electrons. The van der Waals surface area contributed by atoms with Crippen molar-refractivity contribution in [2.45, 2.75) is 63.7 Å². The van der Waals surface area contributed by atoms with Crippen LogP contribution in [-0.2, 0) is 14.3 Å². The van der Waals surface area contributed by atoms with Gasteiger partial charge in [-0.1, -0.05) is 80.6 Å². The van der Waals surface area contributed by atoms with Gasteiger partial charge in [-0.3, -0.25) is 14.9 Å². The molecule has 2 fully saturated rings. The number of likely N-dealkylation sites (tertiary alicyclic amines) is 2. The smallest absolute Gasteiger partial charge is 0.407 e. The minimum atomic E-state index is -0.704. The Labute approximate surface area is 342 Å². The minimum absolute atomic E-state index is 0.0798. The van der Waals surface area contributed by atoms with Crippen molar-refractivity contribution in [2.75, 3.05) is 20.2 Å². The van der Waals surface area contributed by atoms with Crippen LogP contribution in [0.2, 0.25) is 0 Å². The number of carbonyl (C=O) groups excluding carboxylic acids is 3. The summed E-state index contributed by atoms with van der Waals surface area (Å²) < 4.78 is 4.80. The summed E-state index contributed by atoms with van der Waals surface area (Å²) in [5.74, 6) is 1.38. The number of aromatic amines is 1. The van der Waals surface area contributed by atoms with Gasteiger partial charge in [-0.05, 0) is 94.8 Å². The highest BCUT2D eigenvalue weighted by Crippen LogP contribution is 2.38. The number of rotatable bonds is 9. The molecule has 0 aliphatic carbocycles. The quantitative estimate of drug-likeness (QED) is 0.115. The number of amides is 3. The molecule has 3 amide bonds. The maximum atomic E-state index is 13.7. The molecule has 5 aromatic carbocycles. The molecule has 2 saturated heterocycles. The van der Waals surface area contributed by atoms with E-state index in [4.69, 9.17) is 20.4 Å². The van der Waals surface area contributed by atoms with Crippen LogP contribution in [-0.4, -0.2) is 75.8 Å². The van der Waals surface area contributed by atoms with Crippen molar-refractivity contribution < 1.29 is 24.4 Å². The van der Waals surface area contributed by atoms with Crippen molar-refractivity contribution in [2.24, 2.45) is 16.6 Å². The van der Waals surface area contributed by atoms with E-state index in [0.29, 0.717) is 13.1 Å². The van der Waals surface area contributed by atoms with Crippen LogP contribution in [0.3, 0.4) is 0 Å². The number of quaternary nitrogens is 1. The van der Waals surface area contributed by atoms with E-state index < -0.39 is 18.2 Å². The molecule has 0 saturated carbocycles. The van der Waals surface area contributed by atoms with Gasteiger partial charge < -0.3 is 30.6 Å². The first-order chi connectivity index (χ1) is 28.7. The van der Waals surface area contributed by atoms with E-state index in [1.807, 2.05) is 60.2 Å². The number of benzene rings is 5. The maximum absolute atomic E-state index is 13.7. The van der Waals surface area contributed by atoms with Crippen LogP contribution in [0.25, 0.3) is 43.9 Å². The fourth-order valence-corrected chi connectivity index (χ4v) is 9.02. The molecule has 6 N–H and O–H groups in total. The molecule has 12 nitrogen and oxygen atoms in total. The fraction of sp³-hybridized carbons (Fsp3) is 0.298. The van der Waals surface area contributed by atoms with E-state index in [9.17, 15) is 14.4 Å². The van der Waals surface area contributed by atoms with Crippen LogP contribution in [0.4, 0.5) is 16.2 Å². The summed E-state index contributed by atoms with van der Waals surface area (Å²) in [5.41, 5.74) is 13.4. The number of nitrogens with zero attached hydrogens (tertiary/aromatic N) is 4. The molecule has 0 unspecified atom stereocenters. The highest BCUT2D eigenvalue weighted by molar-refractivity contribution is 6.04. The Balaban J connectivity index is 0.900. The number of nitrogens with one attached hydrogen (secondary N) is 2. The first-order valence-corrected chi connectivity index (χ1v) is 20.5. The van der Waals surface area contributed by atoms with Gasteiger partial charge in [-0.2, -0.15) is 4.99 Å². The van der Waals surface area contributed by atoms with Crippen molar-refractivity contribution in [3.05, 3.63) is 115 Å². The van der Waals surface area contributed by atoms with E-state index in [1.54, 1.807) is 0 Å². The van der Waals surface area contributed by atoms with Crippen molar-refractivity contribution >= 4 is 56.7 Å². The molecule has 9 rings (SSSR count). The van der Waals surface area contributed by atoms with E-state index in [0.717, 1.165) is 98.2 Å². The summed E-state index contributed by atoms with van der Waals surface area (Å²) in [6.45, 7) is 5.12. The Morgan fingerprint density at radius 1 is 0.814 bits per heavy atom. The normalized spacial score (nSPS) is 18.6. The first-order valence-electron chi connectivity index (χ1n) is 20.5. The van der Waals surface area contributed by atoms with Crippen molar-refractivity contribution in [3.63, 3.8) is 0 Å². The monoisotopic (exact) mass is 789 g/mol. The number of methoxy groups -OCH3 is 1. The zero-order chi connectivity index (χ0) is 40.8. The number of H-pyrrole nitrogens is 1. The van der Waals surface area contributed by atoms with Gasteiger partial charge in [0.1, 0.15) is 29.6 Å². The lowest BCUT2D eigenvalue weighted by Crippen LogP contribution is -2.84. The van der Waals surface area contributed by atoms with E-state index in [-0.39, 0.29) is 29.8 Å². The van der Waals surface area contributed by atoms with Crippen molar-refractivity contribution in [3.8, 4) is 22.4 Å². The molecule has 12 heteroatoms. The van der Waals surface area contributed by atoms with Crippen molar-refractivity contribution in [1.82, 2.24) is 25.1 Å². The molecule has 3 aliphatic heterocycles. The molecule has 4 atom stereocenters. The van der Waals surface area contributed by atoms with Gasteiger partial charge in [-0.25, -0.2) is 9.78 Å². The van der Waals surface area contributed by atoms with E-state index in [1.165, 1.54) is 7.11 Å². The molecule has 6 aromatic rings. The fourth-order valence-electron chi connectivity index (χ4n) is 9.02. The minimum Gasteiger partial charge on any atom is -0.453 e. The number of imidazole rings is 1. The van der Waals surface area contributed by atoms with Crippen LogP contribution in [0.15, 0.2) is 108 Å². The van der Waals surface area contributed by atoms with Gasteiger partial charge in [0, 0.05) is 24.0 Å². The lowest BCUT2D eigenvalue weighted by molar-refractivity contribution is -0.441. The molecule has 300 valence electrons. The Morgan fingerprint density at radius 3 is 2.19 bits per heavy atom. The second-order valence-electron chi connectivity index (χ2n) is 16.2. The third-order valence-electron chi connectivity index (χ3n) is 12.2. The van der Waals surface area contributed by atoms with Crippen LogP contribution in [0.1, 0.15) is 63.0 Å². The lowest BCUT2D eigenvalue weighted by Gasteiger charge is -2.29. The predicted molar refractivity (Wildman–Crippen MR) is 229 cm³/mol. The van der Waals surface area contributed by atoms with Crippen LogP contribution in [0, 0.1) is 5.92 Å². The highest BCUT2D eigenvalue weighted by Gasteiger charge is 2.42. The number of carbonyl (C=O) groups is 3. The summed E-state index contributed by atoms with van der Waals surface area (Å²) >= 11 is 0. The number of aliphatic imine (C=N–C) groups is 1. The predicted octanol–water partition coefficient (Wildman–Crippen LogP) is 7.02. The summed E-state index contributed by atoms with van der Waals surface area (Å²) in [7, 11) is 1.31. The molecule has 59 heavy (non-hydrogen) atoms. The Hall–Kier alpha value is -6.37. The summed E-state index contributed by atoms with van der Waals surface area (Å²) in [4.78, 5) is 56.3. The number of nitrogens with two attached hydrogens (primary N) is 2. The number of aromatic nitrogens is 2. The average molecular weight is 790 g/mol. The highest BCUT2D eigenvalue weighted by atomic mass is 16.5. The third kappa shape index (κ3) is 7.23. The van der Waals surface area contributed by atoms with Crippen molar-refractivity contribution in [1.29, 1.82) is 0 Å². The third-order valence-corrected chi connectivity index (χ3v) is 12.2. The number of fused-ring (bicyclic) bond motifs is 4. The lowest BCUT2D eigenvalue weighted by atomic mass is 9.97. The zero-order valence-corrected chi connectivity index (χ0v) is 33.5. The van der Waals surface area contributed by atoms with E-state index >= 15 is 0 Å². The van der Waals surface area contributed by atoms with Gasteiger partial charge >= 0.3 is 6.09 Å². The zero-order valence-electron chi connectivity index (χ0n) is 33.5. The molecular formula is C47H49N8O4+. The molecule has 4 heterocycles. The summed E-state index contributed by atoms with van der Waals surface area (Å²) in [6, 6.07) is 31.6. The number of hydrogen-bond acceptors (Lipinski definition) is 7. The second kappa shape index (κ2) is 15.8. The number of hydrogen-bond donors (Lipinski definition) is 4. The molecule has 0 spiro atoms. The summed E-state index contributed by atoms with van der Waals surface area (Å²) in [6.07, 6.45) is 4.68. The summed E-state index contributed by atoms with van der Waals surface area (Å²) in [5, 5.41) is 9.34. The second-order valence-corrected chi connectivity index (χ2v) is 16.2. The van der Waals surface area contributed by atoms with Gasteiger partial charge in [0.2, 0.25) is 17.6 Å². The SMILES string of the molecule is COC(=O)N[C@H](C(=O)N1CCC[C@H]1C1=Nc2ccc3cc(-c4ccc5cc(-c6cnc([C@@H]7CCCN7C(=O)[C@H](N)c7ccccc7)[nH]6)ccc5c4)ccc3c2[NH2+]1)C(C)C. The Morgan fingerprint density at radius 2 is 1.46 bits per heavy atom. The largest absolute Gasteiger partial charge is 0.453 e. The average Bonchev–Trinajstić information content (AvgIpc) is 4.11. The number of amidine groups is 1. The van der Waals surface area contributed by atoms with Gasteiger partial charge in [0.15, 0.2) is 5.69 Å². The molecule has 1 aromatic heterocycles. The molecular weight excluding hydrogens is 741 g/mol. The molecule has 3 aliphatic rings. The van der Waals surface area contributed by atoms with E-state index in [2.05, 4.69) is 82.3 Å². The van der Waals surface area contributed by atoms with Crippen LogP contribution < -0.4 is 16.4 Å². The Kier molecular flexibility index (Phi) is 10.2. The van der Waals surface area contributed by atoms with Gasteiger partial charge in [0.05, 0.1) is 25.0 Å². The number of ether oxygens (including phenoxy) is 1. The Bertz CT molecular complexity index is 2620. The van der Waals surface area contributed by atoms with Gasteiger partial charge in [-0.15, -0.1) is 0 Å². The van der Waals surface area contributed by atoms with Crippen LogP contribution in [0.5, 0.6) is 0 Å². The van der Waals surface area contributed by atoms with Crippen LogP contribution >= 0.6 is 0 Å². The number of alkyl carbamates (subject to hydrolysis) is 1. The standard InChI is InChI=1S/C47H48N8O4/c1-27(2)41(53-47(58)59-3)46(57)55-22-8-12-39(55)44-50-36-20-18-33-24-32(17-19-35(33)42(36)52-44)29-13-14-31-25-34(16-15-30(31)23-29)37-26-49-43(51-37)38-11-7-21-54(38)45(56)40(48)28-9-5-4-6-10-28/h4-6,9-10,13-20,23-27,38-41H,7-8,11-12,21-22,48H2,1-3H3,(H,49,51)(H,50,52)(H,53,58)/p+1/t38-,39-,40+,41-/m0/s1. The first kappa shape index (κ1) is 38.2. The topological polar surface area (TPSA) is 163 Å². The molecule has 0 bridgehead atoms. The van der Waals surface area contributed by atoms with Gasteiger partial charge in [0.25, 0.3) is 0 Å². The maximum Gasteiger partial charge on any atom is 0.407 e.